The zero-order valence-electron chi connectivity index (χ0n) is 11.1. The van der Waals surface area contributed by atoms with Gasteiger partial charge in [-0.15, -0.1) is 0 Å². The predicted molar refractivity (Wildman–Crippen MR) is 74.1 cm³/mol. The van der Waals surface area contributed by atoms with E-state index >= 15 is 0 Å². The molecule has 1 N–H and O–H groups in total. The van der Waals surface area contributed by atoms with Gasteiger partial charge in [0.05, 0.1) is 5.92 Å². The average Bonchev–Trinajstić information content (AvgIpc) is 2.94. The fourth-order valence-electron chi connectivity index (χ4n) is 2.09. The highest BCUT2D eigenvalue weighted by molar-refractivity contribution is 5.74. The van der Waals surface area contributed by atoms with Crippen molar-refractivity contribution in [1.29, 1.82) is 0 Å². The summed E-state index contributed by atoms with van der Waals surface area (Å²) in [5, 5.41) is 8.86. The molecule has 1 saturated heterocycles. The molecule has 106 valence electrons. The maximum absolute atomic E-state index is 11.7. The van der Waals surface area contributed by atoms with Crippen LogP contribution in [0.4, 0.5) is 4.79 Å². The first-order valence-electron chi connectivity index (χ1n) is 6.53. The number of nitrogens with zero attached hydrogens (tertiary/aromatic N) is 1. The fourth-order valence-corrected chi connectivity index (χ4v) is 2.09. The third-order valence-corrected chi connectivity index (χ3v) is 3.21. The van der Waals surface area contributed by atoms with E-state index in [1.54, 1.807) is 6.08 Å². The van der Waals surface area contributed by atoms with Gasteiger partial charge in [0, 0.05) is 13.1 Å². The van der Waals surface area contributed by atoms with Crippen LogP contribution in [0, 0.1) is 5.92 Å². The molecule has 5 heteroatoms. The fraction of sp³-hybridized carbons (Fsp3) is 0.333. The number of likely N-dealkylation sites (tertiary alicyclic amines) is 1. The summed E-state index contributed by atoms with van der Waals surface area (Å²) in [4.78, 5) is 23.9. The third kappa shape index (κ3) is 3.85. The zero-order valence-corrected chi connectivity index (χ0v) is 11.1. The second-order valence-corrected chi connectivity index (χ2v) is 4.66. The van der Waals surface area contributed by atoms with Crippen molar-refractivity contribution in [2.75, 3.05) is 19.7 Å². The van der Waals surface area contributed by atoms with Crippen LogP contribution in [0.3, 0.4) is 0 Å². The number of hydrogen-bond donors (Lipinski definition) is 1. The van der Waals surface area contributed by atoms with Crippen LogP contribution in [0.1, 0.15) is 12.0 Å². The highest BCUT2D eigenvalue weighted by atomic mass is 16.6. The van der Waals surface area contributed by atoms with Gasteiger partial charge in [-0.25, -0.2) is 4.79 Å². The summed E-state index contributed by atoms with van der Waals surface area (Å²) in [6, 6.07) is 9.71. The van der Waals surface area contributed by atoms with E-state index in [-0.39, 0.29) is 13.2 Å². The Hall–Kier alpha value is -2.30. The molecule has 0 saturated carbocycles. The number of carboxylic acids is 1. The number of aliphatic carboxylic acids is 1. The van der Waals surface area contributed by atoms with Gasteiger partial charge in [0.15, 0.2) is 0 Å². The molecule has 5 nitrogen and oxygen atoms in total. The SMILES string of the molecule is O=C(O)C1CCN(C(=O)OCC=Cc2ccccc2)C1. The second kappa shape index (κ2) is 6.75. The summed E-state index contributed by atoms with van der Waals surface area (Å²) in [7, 11) is 0. The van der Waals surface area contributed by atoms with Gasteiger partial charge < -0.3 is 14.7 Å². The van der Waals surface area contributed by atoms with Crippen molar-refractivity contribution in [3.8, 4) is 0 Å². The van der Waals surface area contributed by atoms with Crippen molar-refractivity contribution in [1.82, 2.24) is 4.90 Å². The molecule has 1 aliphatic heterocycles. The Labute approximate surface area is 117 Å². The van der Waals surface area contributed by atoms with E-state index in [0.29, 0.717) is 13.0 Å². The highest BCUT2D eigenvalue weighted by Gasteiger charge is 2.31. The monoisotopic (exact) mass is 275 g/mol. The molecule has 0 aliphatic carbocycles. The molecular formula is C15H17NO4. The summed E-state index contributed by atoms with van der Waals surface area (Å²) in [6.45, 7) is 0.858. The van der Waals surface area contributed by atoms with E-state index < -0.39 is 18.0 Å². The molecule has 1 fully saturated rings. The van der Waals surface area contributed by atoms with Gasteiger partial charge >= 0.3 is 12.1 Å². The number of carbonyl (C=O) groups excluding carboxylic acids is 1. The Morgan fingerprint density at radius 3 is 2.75 bits per heavy atom. The van der Waals surface area contributed by atoms with E-state index in [4.69, 9.17) is 9.84 Å². The highest BCUT2D eigenvalue weighted by Crippen LogP contribution is 2.17. The first kappa shape index (κ1) is 14.1. The lowest BCUT2D eigenvalue weighted by Gasteiger charge is -2.14. The Morgan fingerprint density at radius 2 is 2.10 bits per heavy atom. The van der Waals surface area contributed by atoms with Crippen LogP contribution in [0.15, 0.2) is 36.4 Å². The predicted octanol–water partition coefficient (Wildman–Crippen LogP) is 2.24. The summed E-state index contributed by atoms with van der Waals surface area (Å²) < 4.78 is 5.08. The smallest absolute Gasteiger partial charge is 0.410 e. The summed E-state index contributed by atoms with van der Waals surface area (Å²) in [6.07, 6.45) is 3.67. The lowest BCUT2D eigenvalue weighted by molar-refractivity contribution is -0.141. The van der Waals surface area contributed by atoms with Gasteiger partial charge in [-0.05, 0) is 18.1 Å². The average molecular weight is 275 g/mol. The normalized spacial score (nSPS) is 18.4. The van der Waals surface area contributed by atoms with Gasteiger partial charge in [0.25, 0.3) is 0 Å². The van der Waals surface area contributed by atoms with Crippen LogP contribution >= 0.6 is 0 Å². The molecule has 1 aliphatic rings. The molecule has 0 bridgehead atoms. The van der Waals surface area contributed by atoms with Crippen molar-refractivity contribution >= 4 is 18.1 Å². The molecule has 1 amide bonds. The van der Waals surface area contributed by atoms with Crippen LogP contribution in [0.25, 0.3) is 6.08 Å². The second-order valence-electron chi connectivity index (χ2n) is 4.66. The Balaban J connectivity index is 1.73. The van der Waals surface area contributed by atoms with Crippen molar-refractivity contribution in [3.05, 3.63) is 42.0 Å². The Bertz CT molecular complexity index is 498. The van der Waals surface area contributed by atoms with Gasteiger partial charge in [-0.1, -0.05) is 36.4 Å². The zero-order chi connectivity index (χ0) is 14.4. The van der Waals surface area contributed by atoms with E-state index in [1.807, 2.05) is 36.4 Å². The summed E-state index contributed by atoms with van der Waals surface area (Å²) >= 11 is 0. The maximum atomic E-state index is 11.7. The molecule has 1 aromatic carbocycles. The molecule has 1 heterocycles. The number of amides is 1. The first-order chi connectivity index (χ1) is 9.66. The molecule has 0 radical (unpaired) electrons. The summed E-state index contributed by atoms with van der Waals surface area (Å²) in [5.74, 6) is -1.33. The Kier molecular flexibility index (Phi) is 4.76. The summed E-state index contributed by atoms with van der Waals surface area (Å²) in [5.41, 5.74) is 1.04. The number of carbonyl (C=O) groups is 2. The maximum Gasteiger partial charge on any atom is 0.410 e. The molecule has 1 unspecified atom stereocenters. The van der Waals surface area contributed by atoms with Crippen molar-refractivity contribution < 1.29 is 19.4 Å². The van der Waals surface area contributed by atoms with Crippen LogP contribution in [0.2, 0.25) is 0 Å². The minimum atomic E-state index is -0.857. The van der Waals surface area contributed by atoms with Crippen molar-refractivity contribution in [2.45, 2.75) is 6.42 Å². The lowest BCUT2D eigenvalue weighted by atomic mass is 10.1. The van der Waals surface area contributed by atoms with Crippen LogP contribution in [-0.4, -0.2) is 41.8 Å². The first-order valence-corrected chi connectivity index (χ1v) is 6.53. The molecule has 0 spiro atoms. The Morgan fingerprint density at radius 1 is 1.35 bits per heavy atom. The number of ether oxygens (including phenoxy) is 1. The standard InChI is InChI=1S/C15H17NO4/c17-14(18)13-8-9-16(11-13)15(19)20-10-4-7-12-5-2-1-3-6-12/h1-7,13H,8-11H2,(H,17,18). The van der Waals surface area contributed by atoms with Crippen LogP contribution in [0.5, 0.6) is 0 Å². The van der Waals surface area contributed by atoms with E-state index in [2.05, 4.69) is 0 Å². The van der Waals surface area contributed by atoms with Gasteiger partial charge in [0.2, 0.25) is 0 Å². The minimum absolute atomic E-state index is 0.183. The third-order valence-electron chi connectivity index (χ3n) is 3.21. The molecule has 20 heavy (non-hydrogen) atoms. The molecule has 0 aromatic heterocycles. The molecule has 1 aromatic rings. The van der Waals surface area contributed by atoms with Gasteiger partial charge in [0.1, 0.15) is 6.61 Å². The van der Waals surface area contributed by atoms with Crippen molar-refractivity contribution in [3.63, 3.8) is 0 Å². The van der Waals surface area contributed by atoms with E-state index in [1.165, 1.54) is 4.90 Å². The molecule has 2 rings (SSSR count). The number of hydrogen-bond acceptors (Lipinski definition) is 3. The van der Waals surface area contributed by atoms with Crippen LogP contribution < -0.4 is 0 Å². The molecule has 1 atom stereocenters. The lowest BCUT2D eigenvalue weighted by Crippen LogP contribution is -2.30. The van der Waals surface area contributed by atoms with E-state index in [0.717, 1.165) is 5.56 Å². The number of carboxylic acid groups (broad SMARTS) is 1. The number of benzene rings is 1. The number of rotatable bonds is 4. The van der Waals surface area contributed by atoms with Crippen LogP contribution in [-0.2, 0) is 9.53 Å². The topological polar surface area (TPSA) is 66.8 Å². The van der Waals surface area contributed by atoms with E-state index in [9.17, 15) is 9.59 Å². The quantitative estimate of drug-likeness (QED) is 0.915. The molecular weight excluding hydrogens is 258 g/mol. The van der Waals surface area contributed by atoms with Gasteiger partial charge in [-0.2, -0.15) is 0 Å². The van der Waals surface area contributed by atoms with Gasteiger partial charge in [-0.3, -0.25) is 4.79 Å². The van der Waals surface area contributed by atoms with Crippen molar-refractivity contribution in [2.24, 2.45) is 5.92 Å². The largest absolute Gasteiger partial charge is 0.481 e. The minimum Gasteiger partial charge on any atom is -0.481 e.